The van der Waals surface area contributed by atoms with Crippen molar-refractivity contribution in [2.24, 2.45) is 0 Å². The summed E-state index contributed by atoms with van der Waals surface area (Å²) in [5.41, 5.74) is 2.20. The molecule has 2 rings (SSSR count). The average molecular weight is 388 g/mol. The number of ketones is 1. The number of Topliss-reactive ketones (excluding diaryl/α,β-unsaturated/α-hetero) is 1. The molecule has 0 spiro atoms. The van der Waals surface area contributed by atoms with Gasteiger partial charge >= 0.3 is 11.9 Å². The number of carbonyl (C=O) groups is 3. The van der Waals surface area contributed by atoms with Crippen molar-refractivity contribution in [1.82, 2.24) is 4.98 Å². The fourth-order valence-electron chi connectivity index (χ4n) is 2.89. The van der Waals surface area contributed by atoms with Crippen molar-refractivity contribution in [2.75, 3.05) is 25.6 Å². The second-order valence-corrected chi connectivity index (χ2v) is 6.22. The highest BCUT2D eigenvalue weighted by Crippen LogP contribution is 2.22. The lowest BCUT2D eigenvalue weighted by atomic mass is 10.1. The van der Waals surface area contributed by atoms with Gasteiger partial charge < -0.3 is 24.9 Å². The Kier molecular flexibility index (Phi) is 6.94. The molecule has 0 aliphatic rings. The third-order valence-corrected chi connectivity index (χ3v) is 4.30. The third-order valence-electron chi connectivity index (χ3n) is 4.30. The Morgan fingerprint density at radius 1 is 1.18 bits per heavy atom. The van der Waals surface area contributed by atoms with Crippen LogP contribution in [0.5, 0.6) is 0 Å². The van der Waals surface area contributed by atoms with Gasteiger partial charge in [-0.2, -0.15) is 0 Å². The van der Waals surface area contributed by atoms with E-state index in [2.05, 4.69) is 10.3 Å². The smallest absolute Gasteiger partial charge is 0.340 e. The Balaban J connectivity index is 2.20. The van der Waals surface area contributed by atoms with Gasteiger partial charge in [0.2, 0.25) is 5.78 Å². The molecular weight excluding hydrogens is 364 g/mol. The number of nitrogens with one attached hydrogen (secondary N) is 2. The fraction of sp³-hybridized carbons (Fsp3) is 0.350. The topological polar surface area (TPSA) is 118 Å². The molecule has 1 atom stereocenters. The number of esters is 2. The molecule has 2 aromatic rings. The molecule has 0 saturated heterocycles. The van der Waals surface area contributed by atoms with Crippen molar-refractivity contribution in [3.05, 3.63) is 52.3 Å². The Morgan fingerprint density at radius 2 is 1.86 bits per heavy atom. The number of ether oxygens (including phenoxy) is 2. The summed E-state index contributed by atoms with van der Waals surface area (Å²) in [6.07, 6.45) is -1.07. The summed E-state index contributed by atoms with van der Waals surface area (Å²) in [4.78, 5) is 40.0. The Labute approximate surface area is 162 Å². The summed E-state index contributed by atoms with van der Waals surface area (Å²) >= 11 is 0. The van der Waals surface area contributed by atoms with Gasteiger partial charge in [0, 0.05) is 17.9 Å². The maximum Gasteiger partial charge on any atom is 0.340 e. The maximum absolute atomic E-state index is 12.8. The van der Waals surface area contributed by atoms with E-state index in [0.717, 1.165) is 0 Å². The summed E-state index contributed by atoms with van der Waals surface area (Å²) in [6.45, 7) is 4.95. The molecule has 1 unspecified atom stereocenters. The van der Waals surface area contributed by atoms with Gasteiger partial charge in [-0.25, -0.2) is 9.59 Å². The van der Waals surface area contributed by atoms with Crippen LogP contribution in [0.3, 0.4) is 0 Å². The minimum Gasteiger partial charge on any atom is -0.465 e. The number of aromatic amines is 1. The molecule has 1 heterocycles. The van der Waals surface area contributed by atoms with Crippen LogP contribution in [-0.4, -0.2) is 54.2 Å². The van der Waals surface area contributed by atoms with E-state index in [4.69, 9.17) is 14.6 Å². The van der Waals surface area contributed by atoms with Gasteiger partial charge in [-0.1, -0.05) is 12.1 Å². The van der Waals surface area contributed by atoms with Gasteiger partial charge in [0.05, 0.1) is 30.5 Å². The molecule has 0 fully saturated rings. The SMILES string of the molecule is COC(=O)c1c(C)[nH]c(C(=O)C(C)OC(=O)c2ccccc2NCCO)c1C. The zero-order valence-electron chi connectivity index (χ0n) is 16.3. The van der Waals surface area contributed by atoms with Crippen molar-refractivity contribution < 1.29 is 29.0 Å². The van der Waals surface area contributed by atoms with Crippen LogP contribution in [0, 0.1) is 13.8 Å². The number of aliphatic hydroxyl groups is 1. The number of benzene rings is 1. The molecule has 0 bridgehead atoms. The van der Waals surface area contributed by atoms with Crippen LogP contribution >= 0.6 is 0 Å². The minimum atomic E-state index is -1.07. The third kappa shape index (κ3) is 4.40. The minimum absolute atomic E-state index is 0.0910. The first-order valence-electron chi connectivity index (χ1n) is 8.78. The first-order valence-corrected chi connectivity index (χ1v) is 8.78. The van der Waals surface area contributed by atoms with Crippen molar-refractivity contribution >= 4 is 23.4 Å². The first-order chi connectivity index (χ1) is 13.3. The van der Waals surface area contributed by atoms with E-state index in [1.54, 1.807) is 38.1 Å². The second kappa shape index (κ2) is 9.18. The highest BCUT2D eigenvalue weighted by molar-refractivity contribution is 6.05. The van der Waals surface area contributed by atoms with Crippen LogP contribution in [0.2, 0.25) is 0 Å². The zero-order valence-corrected chi connectivity index (χ0v) is 16.3. The number of aliphatic hydroxyl groups excluding tert-OH is 1. The molecule has 0 amide bonds. The van der Waals surface area contributed by atoms with Crippen molar-refractivity contribution in [2.45, 2.75) is 26.9 Å². The molecule has 1 aromatic heterocycles. The number of aromatic nitrogens is 1. The lowest BCUT2D eigenvalue weighted by molar-refractivity contribution is 0.0317. The maximum atomic E-state index is 12.8. The summed E-state index contributed by atoms with van der Waals surface area (Å²) in [5.74, 6) is -1.67. The predicted octanol–water partition coefficient (Wildman–Crippen LogP) is 2.25. The lowest BCUT2D eigenvalue weighted by Crippen LogP contribution is -2.26. The average Bonchev–Trinajstić information content (AvgIpc) is 2.99. The van der Waals surface area contributed by atoms with E-state index < -0.39 is 23.8 Å². The highest BCUT2D eigenvalue weighted by atomic mass is 16.5. The standard InChI is InChI=1S/C20H24N2O6/c1-11-16(20(26)27-4)12(2)22-17(11)18(24)13(3)28-19(25)14-7-5-6-8-15(14)21-9-10-23/h5-8,13,21-23H,9-10H2,1-4H3. The monoisotopic (exact) mass is 388 g/mol. The number of rotatable bonds is 8. The summed E-state index contributed by atoms with van der Waals surface area (Å²) in [7, 11) is 1.27. The number of para-hydroxylation sites is 1. The van der Waals surface area contributed by atoms with Crippen LogP contribution in [0.4, 0.5) is 5.69 Å². The molecule has 8 nitrogen and oxygen atoms in total. The normalized spacial score (nSPS) is 11.6. The molecule has 8 heteroatoms. The summed E-state index contributed by atoms with van der Waals surface area (Å²) < 4.78 is 10.1. The molecule has 0 aliphatic carbocycles. The van der Waals surface area contributed by atoms with Gasteiger partial charge in [0.15, 0.2) is 6.10 Å². The molecule has 0 saturated carbocycles. The first kappa shape index (κ1) is 21.2. The zero-order chi connectivity index (χ0) is 20.8. The van der Waals surface area contributed by atoms with Crippen molar-refractivity contribution in [1.29, 1.82) is 0 Å². The highest BCUT2D eigenvalue weighted by Gasteiger charge is 2.28. The Bertz CT molecular complexity index is 887. The molecule has 28 heavy (non-hydrogen) atoms. The van der Waals surface area contributed by atoms with E-state index in [1.807, 2.05) is 0 Å². The molecule has 3 N–H and O–H groups in total. The van der Waals surface area contributed by atoms with Gasteiger partial charge in [-0.15, -0.1) is 0 Å². The van der Waals surface area contributed by atoms with E-state index >= 15 is 0 Å². The van der Waals surface area contributed by atoms with Crippen LogP contribution in [-0.2, 0) is 9.47 Å². The van der Waals surface area contributed by atoms with Crippen molar-refractivity contribution in [3.63, 3.8) is 0 Å². The van der Waals surface area contributed by atoms with E-state index in [0.29, 0.717) is 22.5 Å². The second-order valence-electron chi connectivity index (χ2n) is 6.22. The summed E-state index contributed by atoms with van der Waals surface area (Å²) in [5, 5.41) is 11.9. The van der Waals surface area contributed by atoms with Crippen LogP contribution in [0.15, 0.2) is 24.3 Å². The number of H-pyrrole nitrogens is 1. The Morgan fingerprint density at radius 3 is 2.50 bits per heavy atom. The van der Waals surface area contributed by atoms with E-state index in [-0.39, 0.29) is 24.4 Å². The van der Waals surface area contributed by atoms with Crippen LogP contribution in [0.25, 0.3) is 0 Å². The Hall–Kier alpha value is -3.13. The van der Waals surface area contributed by atoms with Gasteiger partial charge in [-0.05, 0) is 38.5 Å². The largest absolute Gasteiger partial charge is 0.465 e. The van der Waals surface area contributed by atoms with Crippen molar-refractivity contribution in [3.8, 4) is 0 Å². The number of hydrogen-bond donors (Lipinski definition) is 3. The molecular formula is C20H24N2O6. The molecule has 150 valence electrons. The number of aryl methyl sites for hydroxylation is 1. The van der Waals surface area contributed by atoms with E-state index in [9.17, 15) is 14.4 Å². The van der Waals surface area contributed by atoms with E-state index in [1.165, 1.54) is 14.0 Å². The predicted molar refractivity (Wildman–Crippen MR) is 103 cm³/mol. The van der Waals surface area contributed by atoms with Gasteiger partial charge in [0.1, 0.15) is 0 Å². The van der Waals surface area contributed by atoms with Crippen LogP contribution in [0.1, 0.15) is 49.4 Å². The summed E-state index contributed by atoms with van der Waals surface area (Å²) in [6, 6.07) is 6.66. The molecule has 0 radical (unpaired) electrons. The lowest BCUT2D eigenvalue weighted by Gasteiger charge is -2.15. The van der Waals surface area contributed by atoms with Crippen LogP contribution < -0.4 is 5.32 Å². The number of anilines is 1. The number of hydrogen-bond acceptors (Lipinski definition) is 7. The molecule has 0 aliphatic heterocycles. The van der Waals surface area contributed by atoms with Gasteiger partial charge in [-0.3, -0.25) is 4.79 Å². The van der Waals surface area contributed by atoms with Gasteiger partial charge in [0.25, 0.3) is 0 Å². The quantitative estimate of drug-likeness (QED) is 0.469. The number of carbonyl (C=O) groups excluding carboxylic acids is 3. The number of methoxy groups -OCH3 is 1. The molecule has 1 aromatic carbocycles. The fourth-order valence-corrected chi connectivity index (χ4v) is 2.89.